The Balaban J connectivity index is 2.26. The summed E-state index contributed by atoms with van der Waals surface area (Å²) in [6.45, 7) is 1.20. The Labute approximate surface area is 129 Å². The lowest BCUT2D eigenvalue weighted by Gasteiger charge is -2.22. The Bertz CT molecular complexity index is 657. The normalized spacial score (nSPS) is 21.5. The number of benzene rings is 1. The molecule has 0 aliphatic carbocycles. The Morgan fingerprint density at radius 3 is 2.30 bits per heavy atom. The van der Waals surface area contributed by atoms with Crippen LogP contribution in [-0.4, -0.2) is 29.3 Å². The molecule has 0 radical (unpaired) electrons. The number of hydrogen-bond donors (Lipinski definition) is 2. The van der Waals surface area contributed by atoms with E-state index in [-0.39, 0.29) is 18.5 Å². The summed E-state index contributed by atoms with van der Waals surface area (Å²) in [7, 11) is 0. The maximum absolute atomic E-state index is 12.6. The van der Waals surface area contributed by atoms with Gasteiger partial charge in [-0.15, -0.1) is 0 Å². The van der Waals surface area contributed by atoms with Crippen LogP contribution in [0.4, 0.5) is 18.0 Å². The maximum atomic E-state index is 12.6. The molecule has 3 N–H and O–H groups in total. The molecule has 1 aromatic carbocycles. The first-order valence-corrected chi connectivity index (χ1v) is 6.66. The third kappa shape index (κ3) is 3.13. The molecule has 0 bridgehead atoms. The molecular weight excluding hydrogens is 315 g/mol. The molecule has 2 rings (SSSR count). The minimum absolute atomic E-state index is 0.184. The van der Waals surface area contributed by atoms with E-state index in [1.54, 1.807) is 0 Å². The van der Waals surface area contributed by atoms with E-state index in [1.165, 1.54) is 6.92 Å². The summed E-state index contributed by atoms with van der Waals surface area (Å²) in [4.78, 5) is 35.9. The first-order valence-electron chi connectivity index (χ1n) is 6.66. The lowest BCUT2D eigenvalue weighted by molar-refractivity contribution is -0.137. The fourth-order valence-electron chi connectivity index (χ4n) is 2.31. The van der Waals surface area contributed by atoms with Gasteiger partial charge in [-0.1, -0.05) is 12.1 Å². The molecular formula is C14H14F3N3O3. The molecule has 1 aliphatic heterocycles. The quantitative estimate of drug-likeness (QED) is 0.817. The SMILES string of the molecule is CC1(c2ccc(C(F)(F)F)cc2)NC(=O)N(CCC(N)=O)C1=O. The number of nitrogens with one attached hydrogen (secondary N) is 1. The van der Waals surface area contributed by atoms with Crippen LogP contribution in [0.5, 0.6) is 0 Å². The molecule has 1 aliphatic rings. The van der Waals surface area contributed by atoms with Crippen LogP contribution in [0.1, 0.15) is 24.5 Å². The molecule has 1 atom stereocenters. The number of urea groups is 1. The summed E-state index contributed by atoms with van der Waals surface area (Å²) < 4.78 is 37.7. The number of rotatable bonds is 4. The summed E-state index contributed by atoms with van der Waals surface area (Å²) >= 11 is 0. The van der Waals surface area contributed by atoms with Crippen molar-refractivity contribution in [2.45, 2.75) is 25.1 Å². The van der Waals surface area contributed by atoms with Gasteiger partial charge in [0.1, 0.15) is 5.54 Å². The predicted molar refractivity (Wildman–Crippen MR) is 72.9 cm³/mol. The van der Waals surface area contributed by atoms with E-state index in [4.69, 9.17) is 5.73 Å². The minimum atomic E-state index is -4.49. The summed E-state index contributed by atoms with van der Waals surface area (Å²) in [6.07, 6.45) is -4.68. The monoisotopic (exact) mass is 329 g/mol. The van der Waals surface area contributed by atoms with E-state index in [2.05, 4.69) is 5.32 Å². The smallest absolute Gasteiger partial charge is 0.370 e. The van der Waals surface area contributed by atoms with Gasteiger partial charge in [-0.2, -0.15) is 13.2 Å². The van der Waals surface area contributed by atoms with Gasteiger partial charge in [0, 0.05) is 13.0 Å². The number of carbonyl (C=O) groups is 3. The largest absolute Gasteiger partial charge is 0.416 e. The first-order chi connectivity index (χ1) is 10.6. The van der Waals surface area contributed by atoms with Crippen LogP contribution >= 0.6 is 0 Å². The molecule has 1 unspecified atom stereocenters. The highest BCUT2D eigenvalue weighted by Crippen LogP contribution is 2.33. The van der Waals surface area contributed by atoms with Gasteiger partial charge in [0.25, 0.3) is 5.91 Å². The van der Waals surface area contributed by atoms with Gasteiger partial charge in [-0.25, -0.2) is 4.79 Å². The number of nitrogens with zero attached hydrogens (tertiary/aromatic N) is 1. The number of carbonyl (C=O) groups excluding carboxylic acids is 3. The highest BCUT2D eigenvalue weighted by atomic mass is 19.4. The van der Waals surface area contributed by atoms with Crippen LogP contribution in [0.15, 0.2) is 24.3 Å². The van der Waals surface area contributed by atoms with Crippen molar-refractivity contribution in [2.24, 2.45) is 5.73 Å². The average molecular weight is 329 g/mol. The Hall–Kier alpha value is -2.58. The van der Waals surface area contributed by atoms with Crippen LogP contribution in [0.25, 0.3) is 0 Å². The summed E-state index contributed by atoms with van der Waals surface area (Å²) in [5.74, 6) is -1.32. The molecule has 1 heterocycles. The van der Waals surface area contributed by atoms with E-state index in [0.717, 1.165) is 29.2 Å². The molecule has 124 valence electrons. The lowest BCUT2D eigenvalue weighted by Crippen LogP contribution is -2.41. The summed E-state index contributed by atoms with van der Waals surface area (Å²) in [6, 6.07) is 3.23. The van der Waals surface area contributed by atoms with Crippen molar-refractivity contribution in [1.82, 2.24) is 10.2 Å². The van der Waals surface area contributed by atoms with E-state index in [0.29, 0.717) is 0 Å². The van der Waals surface area contributed by atoms with Gasteiger partial charge in [-0.3, -0.25) is 14.5 Å². The summed E-state index contributed by atoms with van der Waals surface area (Å²) in [5, 5.41) is 2.43. The molecule has 0 spiro atoms. The number of hydrogen-bond acceptors (Lipinski definition) is 3. The zero-order chi connectivity index (χ0) is 17.4. The van der Waals surface area contributed by atoms with E-state index < -0.39 is 35.1 Å². The van der Waals surface area contributed by atoms with Crippen molar-refractivity contribution in [3.63, 3.8) is 0 Å². The summed E-state index contributed by atoms with van der Waals surface area (Å²) in [5.41, 5.74) is 2.85. The topological polar surface area (TPSA) is 92.5 Å². The van der Waals surface area contributed by atoms with Crippen LogP contribution in [0.2, 0.25) is 0 Å². The zero-order valence-electron chi connectivity index (χ0n) is 12.1. The van der Waals surface area contributed by atoms with Crippen LogP contribution in [-0.2, 0) is 21.3 Å². The minimum Gasteiger partial charge on any atom is -0.370 e. The fourth-order valence-corrected chi connectivity index (χ4v) is 2.31. The zero-order valence-corrected chi connectivity index (χ0v) is 12.1. The second-order valence-electron chi connectivity index (χ2n) is 5.30. The third-order valence-corrected chi connectivity index (χ3v) is 3.65. The first kappa shape index (κ1) is 16.8. The van der Waals surface area contributed by atoms with Crippen molar-refractivity contribution in [1.29, 1.82) is 0 Å². The van der Waals surface area contributed by atoms with E-state index in [9.17, 15) is 27.6 Å². The number of nitrogens with two attached hydrogens (primary N) is 1. The van der Waals surface area contributed by atoms with Gasteiger partial charge < -0.3 is 11.1 Å². The van der Waals surface area contributed by atoms with Crippen LogP contribution in [0, 0.1) is 0 Å². The highest BCUT2D eigenvalue weighted by Gasteiger charge is 2.49. The molecule has 4 amide bonds. The molecule has 1 aromatic rings. The van der Waals surface area contributed by atoms with Gasteiger partial charge in [0.05, 0.1) is 5.56 Å². The lowest BCUT2D eigenvalue weighted by atomic mass is 9.91. The highest BCUT2D eigenvalue weighted by molar-refractivity contribution is 6.07. The van der Waals surface area contributed by atoms with Crippen molar-refractivity contribution in [3.8, 4) is 0 Å². The standard InChI is InChI=1S/C14H14F3N3O3/c1-13(8-2-4-9(5-3-8)14(15,16)17)11(22)20(12(23)19-13)7-6-10(18)21/h2-5H,6-7H2,1H3,(H2,18,21)(H,19,23). The van der Waals surface area contributed by atoms with E-state index >= 15 is 0 Å². The van der Waals surface area contributed by atoms with Crippen LogP contribution in [0.3, 0.4) is 0 Å². The van der Waals surface area contributed by atoms with Crippen molar-refractivity contribution >= 4 is 17.8 Å². The van der Waals surface area contributed by atoms with Gasteiger partial charge in [-0.05, 0) is 24.6 Å². The Morgan fingerprint density at radius 2 is 1.83 bits per heavy atom. The molecule has 23 heavy (non-hydrogen) atoms. The second-order valence-corrected chi connectivity index (χ2v) is 5.30. The predicted octanol–water partition coefficient (Wildman–Crippen LogP) is 1.35. The molecule has 0 aromatic heterocycles. The molecule has 0 saturated carbocycles. The van der Waals surface area contributed by atoms with Gasteiger partial charge in [0.2, 0.25) is 5.91 Å². The molecule has 1 saturated heterocycles. The number of imide groups is 1. The number of alkyl halides is 3. The maximum Gasteiger partial charge on any atom is 0.416 e. The average Bonchev–Trinajstić information content (AvgIpc) is 2.67. The van der Waals surface area contributed by atoms with Crippen molar-refractivity contribution < 1.29 is 27.6 Å². The van der Waals surface area contributed by atoms with Crippen molar-refractivity contribution in [3.05, 3.63) is 35.4 Å². The number of halogens is 3. The molecule has 1 fully saturated rings. The number of primary amides is 1. The second kappa shape index (κ2) is 5.56. The Kier molecular flexibility index (Phi) is 4.06. The van der Waals surface area contributed by atoms with Gasteiger partial charge >= 0.3 is 12.2 Å². The fraction of sp³-hybridized carbons (Fsp3) is 0.357. The number of amides is 4. The van der Waals surface area contributed by atoms with Gasteiger partial charge in [0.15, 0.2) is 0 Å². The molecule has 9 heteroatoms. The van der Waals surface area contributed by atoms with Crippen LogP contribution < -0.4 is 11.1 Å². The van der Waals surface area contributed by atoms with Crippen molar-refractivity contribution in [2.75, 3.05) is 6.54 Å². The third-order valence-electron chi connectivity index (χ3n) is 3.65. The Morgan fingerprint density at radius 1 is 1.26 bits per heavy atom. The van der Waals surface area contributed by atoms with E-state index in [1.807, 2.05) is 0 Å². The molecule has 6 nitrogen and oxygen atoms in total.